The van der Waals surface area contributed by atoms with E-state index in [0.717, 1.165) is 5.58 Å². The van der Waals surface area contributed by atoms with Gasteiger partial charge in [-0.15, -0.1) is 0 Å². The van der Waals surface area contributed by atoms with E-state index in [0.29, 0.717) is 0 Å². The molecule has 0 spiro atoms. The Morgan fingerprint density at radius 2 is 1.05 bits per heavy atom. The fourth-order valence-electron chi connectivity index (χ4n) is 3.45. The number of hydrogen-bond acceptors (Lipinski definition) is 1. The van der Waals surface area contributed by atoms with Gasteiger partial charge in [-0.2, -0.15) is 0 Å². The summed E-state index contributed by atoms with van der Waals surface area (Å²) in [5.41, 5.74) is 0.947. The molecular formula is C20H12O. The molecule has 1 nitrogen and oxygen atoms in total. The van der Waals surface area contributed by atoms with E-state index in [2.05, 4.69) is 66.7 Å². The van der Waals surface area contributed by atoms with Crippen molar-refractivity contribution in [1.82, 2.24) is 0 Å². The summed E-state index contributed by atoms with van der Waals surface area (Å²) in [5.74, 6) is 0. The smallest absolute Gasteiger partial charge is 0.134 e. The number of benzene rings is 4. The molecule has 0 fully saturated rings. The highest BCUT2D eigenvalue weighted by molar-refractivity contribution is 6.30. The molecule has 5 aromatic rings. The second kappa shape index (κ2) is 3.86. The van der Waals surface area contributed by atoms with Crippen LogP contribution in [0.3, 0.4) is 0 Å². The highest BCUT2D eigenvalue weighted by Gasteiger charge is 2.11. The number of hydrogen-bond donors (Lipinski definition) is 0. The number of furan rings is 1. The monoisotopic (exact) mass is 268 g/mol. The first-order valence-corrected chi connectivity index (χ1v) is 7.13. The summed E-state index contributed by atoms with van der Waals surface area (Å²) in [6, 6.07) is 23.6. The Labute approximate surface area is 121 Å². The van der Waals surface area contributed by atoms with Gasteiger partial charge in [-0.25, -0.2) is 0 Å². The van der Waals surface area contributed by atoms with Gasteiger partial charge in [-0.05, 0) is 45.1 Å². The molecule has 0 saturated carbocycles. The lowest BCUT2D eigenvalue weighted by atomic mass is 9.93. The second-order valence-corrected chi connectivity index (χ2v) is 5.41. The quantitative estimate of drug-likeness (QED) is 0.319. The van der Waals surface area contributed by atoms with Crippen LogP contribution in [0.15, 0.2) is 77.4 Å². The van der Waals surface area contributed by atoms with Crippen molar-refractivity contribution in [3.05, 3.63) is 73.0 Å². The zero-order valence-corrected chi connectivity index (χ0v) is 11.3. The van der Waals surface area contributed by atoms with Crippen molar-refractivity contribution in [2.24, 2.45) is 0 Å². The molecule has 0 aliphatic heterocycles. The SMILES string of the molecule is c1ccc2c(c1)c1ccccc1c1c3ccoc3ccc21. The zero-order chi connectivity index (χ0) is 13.8. The third-order valence-electron chi connectivity index (χ3n) is 4.34. The maximum absolute atomic E-state index is 5.59. The molecule has 0 aliphatic rings. The van der Waals surface area contributed by atoms with Crippen LogP contribution >= 0.6 is 0 Å². The molecule has 98 valence electrons. The largest absolute Gasteiger partial charge is 0.464 e. The summed E-state index contributed by atoms with van der Waals surface area (Å²) >= 11 is 0. The van der Waals surface area contributed by atoms with Crippen molar-refractivity contribution < 1.29 is 4.42 Å². The fraction of sp³-hybridized carbons (Fsp3) is 0. The molecule has 0 atom stereocenters. The number of fused-ring (bicyclic) bond motifs is 8. The van der Waals surface area contributed by atoms with Crippen LogP contribution in [-0.4, -0.2) is 0 Å². The van der Waals surface area contributed by atoms with E-state index >= 15 is 0 Å². The zero-order valence-electron chi connectivity index (χ0n) is 11.3. The maximum Gasteiger partial charge on any atom is 0.134 e. The third kappa shape index (κ3) is 1.35. The van der Waals surface area contributed by atoms with Gasteiger partial charge in [0.25, 0.3) is 0 Å². The molecule has 0 saturated heterocycles. The van der Waals surface area contributed by atoms with Gasteiger partial charge in [0.1, 0.15) is 5.58 Å². The average Bonchev–Trinajstić information content (AvgIpc) is 3.03. The van der Waals surface area contributed by atoms with Crippen LogP contribution in [0.2, 0.25) is 0 Å². The standard InChI is InChI=1S/C20H12O/c1-2-7-15-13(5-1)14-6-3-4-8-16(14)20-17(15)9-10-19-18(20)11-12-21-19/h1-12H. The minimum absolute atomic E-state index is 0.947. The second-order valence-electron chi connectivity index (χ2n) is 5.41. The van der Waals surface area contributed by atoms with Gasteiger partial charge in [-0.1, -0.05) is 48.5 Å². The molecule has 0 radical (unpaired) electrons. The molecule has 1 aromatic heterocycles. The predicted molar refractivity (Wildman–Crippen MR) is 88.7 cm³/mol. The first-order valence-electron chi connectivity index (χ1n) is 7.13. The Morgan fingerprint density at radius 1 is 0.476 bits per heavy atom. The van der Waals surface area contributed by atoms with E-state index in [-0.39, 0.29) is 0 Å². The van der Waals surface area contributed by atoms with Crippen molar-refractivity contribution in [1.29, 1.82) is 0 Å². The lowest BCUT2D eigenvalue weighted by Gasteiger charge is -2.10. The molecule has 5 rings (SSSR count). The Bertz CT molecular complexity index is 1100. The topological polar surface area (TPSA) is 13.1 Å². The van der Waals surface area contributed by atoms with Crippen LogP contribution in [0.25, 0.3) is 43.3 Å². The highest BCUT2D eigenvalue weighted by atomic mass is 16.3. The molecule has 0 unspecified atom stereocenters. The van der Waals surface area contributed by atoms with Crippen molar-refractivity contribution in [2.75, 3.05) is 0 Å². The van der Waals surface area contributed by atoms with E-state index in [1.807, 2.05) is 0 Å². The van der Waals surface area contributed by atoms with Crippen molar-refractivity contribution in [2.45, 2.75) is 0 Å². The molecule has 0 N–H and O–H groups in total. The van der Waals surface area contributed by atoms with E-state index in [9.17, 15) is 0 Å². The van der Waals surface area contributed by atoms with Gasteiger partial charge in [0.05, 0.1) is 6.26 Å². The Balaban J connectivity index is 2.26. The lowest BCUT2D eigenvalue weighted by molar-refractivity contribution is 0.616. The Kier molecular flexibility index (Phi) is 2.01. The minimum atomic E-state index is 0.947. The molecule has 21 heavy (non-hydrogen) atoms. The van der Waals surface area contributed by atoms with Gasteiger partial charge in [0.15, 0.2) is 0 Å². The maximum atomic E-state index is 5.59. The van der Waals surface area contributed by atoms with E-state index in [1.54, 1.807) is 6.26 Å². The highest BCUT2D eigenvalue weighted by Crippen LogP contribution is 2.38. The molecule has 0 amide bonds. The Hall–Kier alpha value is -2.80. The average molecular weight is 268 g/mol. The van der Waals surface area contributed by atoms with Crippen LogP contribution < -0.4 is 0 Å². The van der Waals surface area contributed by atoms with Gasteiger partial charge in [-0.3, -0.25) is 0 Å². The van der Waals surface area contributed by atoms with E-state index in [1.165, 1.54) is 37.7 Å². The van der Waals surface area contributed by atoms with Crippen molar-refractivity contribution >= 4 is 43.3 Å². The predicted octanol–water partition coefficient (Wildman–Crippen LogP) is 5.89. The van der Waals surface area contributed by atoms with Crippen LogP contribution in [0, 0.1) is 0 Å². The third-order valence-corrected chi connectivity index (χ3v) is 4.34. The summed E-state index contributed by atoms with van der Waals surface area (Å²) in [5, 5.41) is 8.97. The molecule has 0 aliphatic carbocycles. The van der Waals surface area contributed by atoms with Crippen LogP contribution in [0.1, 0.15) is 0 Å². The molecular weight excluding hydrogens is 256 g/mol. The van der Waals surface area contributed by atoms with Gasteiger partial charge in [0, 0.05) is 10.8 Å². The summed E-state index contributed by atoms with van der Waals surface area (Å²) < 4.78 is 5.59. The minimum Gasteiger partial charge on any atom is -0.464 e. The van der Waals surface area contributed by atoms with Crippen LogP contribution in [0.5, 0.6) is 0 Å². The van der Waals surface area contributed by atoms with Gasteiger partial charge < -0.3 is 4.42 Å². The summed E-state index contributed by atoms with van der Waals surface area (Å²) in [7, 11) is 0. The lowest BCUT2D eigenvalue weighted by Crippen LogP contribution is -1.83. The van der Waals surface area contributed by atoms with E-state index in [4.69, 9.17) is 4.42 Å². The molecule has 1 heterocycles. The molecule has 1 heteroatoms. The molecule has 0 bridgehead atoms. The van der Waals surface area contributed by atoms with Crippen LogP contribution in [-0.2, 0) is 0 Å². The van der Waals surface area contributed by atoms with Gasteiger partial charge >= 0.3 is 0 Å². The first kappa shape index (κ1) is 10.9. The summed E-state index contributed by atoms with van der Waals surface area (Å²) in [6.45, 7) is 0. The normalized spacial score (nSPS) is 11.8. The van der Waals surface area contributed by atoms with E-state index < -0.39 is 0 Å². The fourth-order valence-corrected chi connectivity index (χ4v) is 3.45. The summed E-state index contributed by atoms with van der Waals surface area (Å²) in [6.07, 6.45) is 1.77. The first-order chi connectivity index (χ1) is 10.4. The summed E-state index contributed by atoms with van der Waals surface area (Å²) in [4.78, 5) is 0. The van der Waals surface area contributed by atoms with Crippen molar-refractivity contribution in [3.8, 4) is 0 Å². The van der Waals surface area contributed by atoms with Crippen molar-refractivity contribution in [3.63, 3.8) is 0 Å². The Morgan fingerprint density at radius 3 is 1.76 bits per heavy atom. The van der Waals surface area contributed by atoms with Gasteiger partial charge in [0.2, 0.25) is 0 Å². The molecule has 4 aromatic carbocycles. The van der Waals surface area contributed by atoms with Crippen LogP contribution in [0.4, 0.5) is 0 Å². The number of rotatable bonds is 0.